The summed E-state index contributed by atoms with van der Waals surface area (Å²) in [6, 6.07) is 5.44. The number of likely N-dealkylation sites (tertiary alicyclic amines) is 1. The Labute approximate surface area is 248 Å². The highest BCUT2D eigenvalue weighted by atomic mass is 16.5. The van der Waals surface area contributed by atoms with Gasteiger partial charge in [-0.3, -0.25) is 9.59 Å². The first kappa shape index (κ1) is 31.2. The number of nitrogens with zero attached hydrogens (tertiary/aromatic N) is 5. The van der Waals surface area contributed by atoms with Crippen molar-refractivity contribution in [1.82, 2.24) is 24.8 Å². The number of aromatic nitrogens is 3. The number of rotatable bonds is 14. The van der Waals surface area contributed by atoms with Crippen LogP contribution in [0.5, 0.6) is 11.6 Å². The van der Waals surface area contributed by atoms with Gasteiger partial charge in [-0.1, -0.05) is 0 Å². The van der Waals surface area contributed by atoms with Gasteiger partial charge in [0.2, 0.25) is 5.88 Å². The number of methoxy groups -OCH3 is 1. The Balaban J connectivity index is 1.34. The zero-order valence-corrected chi connectivity index (χ0v) is 25.7. The van der Waals surface area contributed by atoms with Crippen molar-refractivity contribution in [2.45, 2.75) is 39.0 Å². The first-order valence-corrected chi connectivity index (χ1v) is 14.6. The molecule has 1 N–H and O–H groups in total. The van der Waals surface area contributed by atoms with Crippen LogP contribution in [-0.4, -0.2) is 111 Å². The first-order chi connectivity index (χ1) is 20.2. The SMILES string of the molecule is COCCOc1ncnc2[nH]c(C)c(C3CCN(CCCN(C)c4ccc(C(C)=O)cc4OCC(=O)N(C)C)CC3)c12. The van der Waals surface area contributed by atoms with E-state index in [0.29, 0.717) is 36.3 Å². The van der Waals surface area contributed by atoms with Crippen molar-refractivity contribution in [2.24, 2.45) is 0 Å². The number of ketones is 1. The third kappa shape index (κ3) is 7.57. The minimum Gasteiger partial charge on any atom is -0.482 e. The van der Waals surface area contributed by atoms with E-state index in [9.17, 15) is 9.59 Å². The van der Waals surface area contributed by atoms with E-state index in [-0.39, 0.29) is 18.3 Å². The first-order valence-electron chi connectivity index (χ1n) is 14.6. The van der Waals surface area contributed by atoms with Crippen LogP contribution < -0.4 is 14.4 Å². The summed E-state index contributed by atoms with van der Waals surface area (Å²) >= 11 is 0. The third-order valence-electron chi connectivity index (χ3n) is 7.91. The Morgan fingerprint density at radius 1 is 1.10 bits per heavy atom. The third-order valence-corrected chi connectivity index (χ3v) is 7.91. The lowest BCUT2D eigenvalue weighted by Gasteiger charge is -2.33. The van der Waals surface area contributed by atoms with Gasteiger partial charge in [0.05, 0.1) is 17.7 Å². The van der Waals surface area contributed by atoms with Gasteiger partial charge in [-0.05, 0) is 82.4 Å². The summed E-state index contributed by atoms with van der Waals surface area (Å²) in [5, 5.41) is 0.993. The molecule has 1 aromatic carbocycles. The van der Waals surface area contributed by atoms with Crippen molar-refractivity contribution in [1.29, 1.82) is 0 Å². The summed E-state index contributed by atoms with van der Waals surface area (Å²) in [5.74, 6) is 1.40. The minimum atomic E-state index is -0.134. The number of ether oxygens (including phenoxy) is 3. The molecule has 3 aromatic rings. The maximum Gasteiger partial charge on any atom is 0.259 e. The number of anilines is 1. The second kappa shape index (κ2) is 14.5. The fourth-order valence-electron chi connectivity index (χ4n) is 5.51. The molecule has 1 amide bonds. The molecule has 4 rings (SSSR count). The number of carbonyl (C=O) groups excluding carboxylic acids is 2. The molecule has 1 aliphatic heterocycles. The predicted octanol–water partition coefficient (Wildman–Crippen LogP) is 3.67. The molecule has 11 heteroatoms. The number of fused-ring (bicyclic) bond motifs is 1. The Bertz CT molecular complexity index is 1370. The van der Waals surface area contributed by atoms with E-state index >= 15 is 0 Å². The van der Waals surface area contributed by atoms with E-state index in [1.54, 1.807) is 33.6 Å². The molecule has 0 spiro atoms. The van der Waals surface area contributed by atoms with E-state index in [4.69, 9.17) is 14.2 Å². The van der Waals surface area contributed by atoms with Gasteiger partial charge in [-0.25, -0.2) is 9.97 Å². The number of amides is 1. The summed E-state index contributed by atoms with van der Waals surface area (Å²) in [6.45, 7) is 8.35. The van der Waals surface area contributed by atoms with Gasteiger partial charge in [0.15, 0.2) is 12.4 Å². The largest absolute Gasteiger partial charge is 0.482 e. The number of nitrogens with one attached hydrogen (secondary N) is 1. The van der Waals surface area contributed by atoms with Crippen LogP contribution in [0.4, 0.5) is 5.69 Å². The molecule has 228 valence electrons. The normalized spacial score (nSPS) is 14.2. The van der Waals surface area contributed by atoms with Gasteiger partial charge >= 0.3 is 0 Å². The van der Waals surface area contributed by atoms with Crippen molar-refractivity contribution in [3.63, 3.8) is 0 Å². The lowest BCUT2D eigenvalue weighted by Crippen LogP contribution is -2.35. The average molecular weight is 581 g/mol. The standard InChI is InChI=1S/C31H44N6O5/c1-21-28(29-30(34-21)32-20-33-31(29)41-17-16-40-6)23-10-14-37(15-11-23)13-7-12-36(5)25-9-8-24(22(2)38)18-26(25)42-19-27(39)35(3)4/h8-9,18,20,23H,7,10-17,19H2,1-6H3,(H,32,33,34). The highest BCUT2D eigenvalue weighted by Gasteiger charge is 2.27. The number of aromatic amines is 1. The Kier molecular flexibility index (Phi) is 10.8. The molecule has 11 nitrogen and oxygen atoms in total. The molecule has 0 bridgehead atoms. The van der Waals surface area contributed by atoms with Gasteiger partial charge in [0, 0.05) is 46.1 Å². The van der Waals surface area contributed by atoms with Crippen LogP contribution in [-0.2, 0) is 9.53 Å². The molecule has 1 saturated heterocycles. The van der Waals surface area contributed by atoms with Crippen LogP contribution in [0.3, 0.4) is 0 Å². The van der Waals surface area contributed by atoms with Gasteiger partial charge in [-0.15, -0.1) is 0 Å². The molecule has 0 radical (unpaired) electrons. The molecule has 1 aliphatic rings. The molecule has 0 aliphatic carbocycles. The van der Waals surface area contributed by atoms with E-state index < -0.39 is 0 Å². The van der Waals surface area contributed by atoms with Crippen molar-refractivity contribution >= 4 is 28.4 Å². The molecule has 3 heterocycles. The van der Waals surface area contributed by atoms with Crippen molar-refractivity contribution in [3.05, 3.63) is 41.3 Å². The monoisotopic (exact) mass is 580 g/mol. The van der Waals surface area contributed by atoms with Crippen LogP contribution in [0, 0.1) is 6.92 Å². The fourth-order valence-corrected chi connectivity index (χ4v) is 5.51. The van der Waals surface area contributed by atoms with Crippen LogP contribution in [0.2, 0.25) is 0 Å². The summed E-state index contributed by atoms with van der Waals surface area (Å²) in [7, 11) is 7.06. The second-order valence-corrected chi connectivity index (χ2v) is 11.1. The smallest absolute Gasteiger partial charge is 0.259 e. The van der Waals surface area contributed by atoms with Crippen LogP contribution >= 0.6 is 0 Å². The van der Waals surface area contributed by atoms with Gasteiger partial charge in [-0.2, -0.15) is 0 Å². The van der Waals surface area contributed by atoms with Crippen LogP contribution in [0.1, 0.15) is 53.7 Å². The number of piperidine rings is 1. The summed E-state index contributed by atoms with van der Waals surface area (Å²) in [5.41, 5.74) is 4.65. The average Bonchev–Trinajstić information content (AvgIpc) is 3.32. The number of benzene rings is 1. The number of hydrogen-bond acceptors (Lipinski definition) is 9. The van der Waals surface area contributed by atoms with Gasteiger partial charge in [0.25, 0.3) is 5.91 Å². The van der Waals surface area contributed by atoms with Gasteiger partial charge in [0.1, 0.15) is 24.3 Å². The van der Waals surface area contributed by atoms with E-state index in [1.807, 2.05) is 19.2 Å². The van der Waals surface area contributed by atoms with Crippen molar-refractivity contribution in [3.8, 4) is 11.6 Å². The topological polar surface area (TPSA) is 113 Å². The fraction of sp³-hybridized carbons (Fsp3) is 0.548. The quantitative estimate of drug-likeness (QED) is 0.225. The van der Waals surface area contributed by atoms with E-state index in [1.165, 1.54) is 17.4 Å². The van der Waals surface area contributed by atoms with Crippen molar-refractivity contribution in [2.75, 3.05) is 79.2 Å². The summed E-state index contributed by atoms with van der Waals surface area (Å²) in [4.78, 5) is 42.5. The molecule has 0 saturated carbocycles. The molecular weight excluding hydrogens is 536 g/mol. The zero-order chi connectivity index (χ0) is 30.2. The zero-order valence-electron chi connectivity index (χ0n) is 25.7. The number of aryl methyl sites for hydroxylation is 1. The number of carbonyl (C=O) groups is 2. The molecular formula is C31H44N6O5. The molecule has 1 fully saturated rings. The second-order valence-electron chi connectivity index (χ2n) is 11.1. The van der Waals surface area contributed by atoms with E-state index in [2.05, 4.69) is 31.7 Å². The highest BCUT2D eigenvalue weighted by molar-refractivity contribution is 5.95. The molecule has 0 atom stereocenters. The van der Waals surface area contributed by atoms with E-state index in [0.717, 1.165) is 67.9 Å². The Morgan fingerprint density at radius 3 is 2.55 bits per heavy atom. The lowest BCUT2D eigenvalue weighted by molar-refractivity contribution is -0.130. The highest BCUT2D eigenvalue weighted by Crippen LogP contribution is 2.38. The number of likely N-dealkylation sites (N-methyl/N-ethyl adjacent to an activating group) is 1. The summed E-state index contributed by atoms with van der Waals surface area (Å²) in [6.07, 6.45) is 4.63. The molecule has 2 aromatic heterocycles. The number of Topliss-reactive ketones (excluding diaryl/α,β-unsaturated/α-hetero) is 1. The maximum absolute atomic E-state index is 12.1. The predicted molar refractivity (Wildman–Crippen MR) is 163 cm³/mol. The minimum absolute atomic E-state index is 0.0402. The Hall–Kier alpha value is -3.70. The molecule has 0 unspecified atom stereocenters. The number of H-pyrrole nitrogens is 1. The summed E-state index contributed by atoms with van der Waals surface area (Å²) < 4.78 is 17.0. The number of hydrogen-bond donors (Lipinski definition) is 1. The van der Waals surface area contributed by atoms with Crippen LogP contribution in [0.25, 0.3) is 11.0 Å². The Morgan fingerprint density at radius 2 is 1.86 bits per heavy atom. The molecule has 42 heavy (non-hydrogen) atoms. The van der Waals surface area contributed by atoms with Gasteiger partial charge < -0.3 is 33.9 Å². The van der Waals surface area contributed by atoms with Crippen molar-refractivity contribution < 1.29 is 23.8 Å². The van der Waals surface area contributed by atoms with Crippen LogP contribution in [0.15, 0.2) is 24.5 Å². The maximum atomic E-state index is 12.1. The lowest BCUT2D eigenvalue weighted by atomic mass is 9.88.